The molecule has 1 N–H and O–H groups in total. The maximum atomic E-state index is 12.0. The van der Waals surface area contributed by atoms with E-state index in [2.05, 4.69) is 5.32 Å². The van der Waals surface area contributed by atoms with Gasteiger partial charge in [0.05, 0.1) is 10.5 Å². The van der Waals surface area contributed by atoms with Crippen LogP contribution < -0.4 is 5.32 Å². The van der Waals surface area contributed by atoms with Crippen molar-refractivity contribution in [3.05, 3.63) is 88.2 Å². The minimum atomic E-state index is -0.456. The van der Waals surface area contributed by atoms with Crippen LogP contribution in [0.2, 0.25) is 0 Å². The number of rotatable bonds is 5. The third-order valence-electron chi connectivity index (χ3n) is 3.68. The first-order chi connectivity index (χ1) is 12.5. The van der Waals surface area contributed by atoms with Gasteiger partial charge in [-0.05, 0) is 48.9 Å². The van der Waals surface area contributed by atoms with Crippen molar-refractivity contribution in [1.29, 1.82) is 0 Å². The molecule has 2 aromatic carbocycles. The van der Waals surface area contributed by atoms with E-state index in [-0.39, 0.29) is 11.6 Å². The molecule has 26 heavy (non-hydrogen) atoms. The fourth-order valence-corrected chi connectivity index (χ4v) is 2.49. The van der Waals surface area contributed by atoms with Gasteiger partial charge in [0, 0.05) is 17.8 Å². The van der Waals surface area contributed by atoms with Crippen LogP contribution in [0.1, 0.15) is 11.3 Å². The summed E-state index contributed by atoms with van der Waals surface area (Å²) < 4.78 is 5.61. The van der Waals surface area contributed by atoms with E-state index in [0.717, 1.165) is 5.56 Å². The Hall–Kier alpha value is -3.67. The van der Waals surface area contributed by atoms with E-state index < -0.39 is 4.92 Å². The molecule has 6 nitrogen and oxygen atoms in total. The van der Waals surface area contributed by atoms with Crippen molar-refractivity contribution in [2.24, 2.45) is 0 Å². The van der Waals surface area contributed by atoms with Crippen LogP contribution in [0.4, 0.5) is 11.4 Å². The zero-order valence-electron chi connectivity index (χ0n) is 14.0. The number of benzene rings is 2. The molecule has 1 heterocycles. The first-order valence-corrected chi connectivity index (χ1v) is 7.92. The molecule has 130 valence electrons. The number of furan rings is 1. The third kappa shape index (κ3) is 4.05. The molecular weight excluding hydrogens is 332 g/mol. The lowest BCUT2D eigenvalue weighted by molar-refractivity contribution is -0.384. The van der Waals surface area contributed by atoms with Gasteiger partial charge < -0.3 is 9.73 Å². The van der Waals surface area contributed by atoms with E-state index in [1.54, 1.807) is 36.4 Å². The van der Waals surface area contributed by atoms with Crippen LogP contribution >= 0.6 is 0 Å². The van der Waals surface area contributed by atoms with E-state index in [1.165, 1.54) is 18.2 Å². The smallest absolute Gasteiger partial charge is 0.280 e. The molecule has 0 aliphatic carbocycles. The van der Waals surface area contributed by atoms with Crippen LogP contribution in [0, 0.1) is 17.0 Å². The monoisotopic (exact) mass is 348 g/mol. The highest BCUT2D eigenvalue weighted by molar-refractivity contribution is 6.01. The summed E-state index contributed by atoms with van der Waals surface area (Å²) in [5.74, 6) is 0.507. The van der Waals surface area contributed by atoms with Gasteiger partial charge >= 0.3 is 0 Å². The number of carbonyl (C=O) groups excluding carboxylic acids is 1. The Morgan fingerprint density at radius 1 is 1.12 bits per heavy atom. The van der Waals surface area contributed by atoms with Gasteiger partial charge in [-0.3, -0.25) is 14.9 Å². The largest absolute Gasteiger partial charge is 0.456 e. The number of nitrogens with one attached hydrogen (secondary N) is 1. The average molecular weight is 348 g/mol. The van der Waals surface area contributed by atoms with Gasteiger partial charge in [0.2, 0.25) is 5.91 Å². The Labute approximate surface area is 149 Å². The first-order valence-electron chi connectivity index (χ1n) is 7.92. The Bertz CT molecular complexity index is 989. The number of para-hydroxylation sites is 1. The van der Waals surface area contributed by atoms with Crippen LogP contribution in [0.3, 0.4) is 0 Å². The Kier molecular flexibility index (Phi) is 4.94. The SMILES string of the molecule is Cc1cccc(NC(=O)C=Cc2ccc(-c3ccccc3[N+](=O)[O-])o2)c1. The highest BCUT2D eigenvalue weighted by Gasteiger charge is 2.16. The van der Waals surface area contributed by atoms with E-state index in [4.69, 9.17) is 4.42 Å². The second-order valence-electron chi connectivity index (χ2n) is 5.67. The summed E-state index contributed by atoms with van der Waals surface area (Å²) in [4.78, 5) is 22.6. The lowest BCUT2D eigenvalue weighted by Crippen LogP contribution is -2.07. The molecule has 3 rings (SSSR count). The molecule has 1 amide bonds. The van der Waals surface area contributed by atoms with Gasteiger partial charge in [0.25, 0.3) is 5.69 Å². The summed E-state index contributed by atoms with van der Waals surface area (Å²) >= 11 is 0. The Balaban J connectivity index is 1.73. The van der Waals surface area contributed by atoms with Crippen LogP contribution in [-0.4, -0.2) is 10.8 Å². The third-order valence-corrected chi connectivity index (χ3v) is 3.68. The van der Waals surface area contributed by atoms with Crippen molar-refractivity contribution in [3.8, 4) is 11.3 Å². The molecule has 0 spiro atoms. The normalized spacial score (nSPS) is 10.8. The molecule has 0 saturated carbocycles. The van der Waals surface area contributed by atoms with Crippen LogP contribution in [-0.2, 0) is 4.79 Å². The number of hydrogen-bond donors (Lipinski definition) is 1. The van der Waals surface area contributed by atoms with Gasteiger partial charge in [0.1, 0.15) is 11.5 Å². The zero-order valence-corrected chi connectivity index (χ0v) is 14.0. The zero-order chi connectivity index (χ0) is 18.5. The number of nitro benzene ring substituents is 1. The van der Waals surface area contributed by atoms with Crippen molar-refractivity contribution < 1.29 is 14.1 Å². The predicted octanol–water partition coefficient (Wildman–Crippen LogP) is 4.82. The second-order valence-corrected chi connectivity index (χ2v) is 5.67. The summed E-state index contributed by atoms with van der Waals surface area (Å²) in [5, 5.41) is 13.9. The number of nitrogens with zero attached hydrogens (tertiary/aromatic N) is 1. The highest BCUT2D eigenvalue weighted by atomic mass is 16.6. The predicted molar refractivity (Wildman–Crippen MR) is 99.6 cm³/mol. The molecule has 6 heteroatoms. The van der Waals surface area contributed by atoms with Crippen LogP contribution in [0.25, 0.3) is 17.4 Å². The quantitative estimate of drug-likeness (QED) is 0.407. The maximum absolute atomic E-state index is 12.0. The fourth-order valence-electron chi connectivity index (χ4n) is 2.49. The van der Waals surface area contributed by atoms with Gasteiger partial charge in [-0.15, -0.1) is 0 Å². The maximum Gasteiger partial charge on any atom is 0.280 e. The molecule has 0 fully saturated rings. The van der Waals surface area contributed by atoms with E-state index >= 15 is 0 Å². The summed E-state index contributed by atoms with van der Waals surface area (Å²) in [6.45, 7) is 1.94. The molecule has 0 saturated heterocycles. The summed E-state index contributed by atoms with van der Waals surface area (Å²) in [6.07, 6.45) is 2.87. The second kappa shape index (κ2) is 7.48. The standard InChI is InChI=1S/C20H16N2O4/c1-14-5-4-6-15(13-14)21-20(23)12-10-16-9-11-19(26-16)17-7-2-3-8-18(17)22(24)25/h2-13H,1H3,(H,21,23). The van der Waals surface area contributed by atoms with Gasteiger partial charge in [-0.25, -0.2) is 0 Å². The number of anilines is 1. The molecule has 0 bridgehead atoms. The fraction of sp³-hybridized carbons (Fsp3) is 0.0500. The van der Waals surface area contributed by atoms with E-state index in [1.807, 2.05) is 25.1 Å². The molecule has 0 radical (unpaired) electrons. The number of carbonyl (C=O) groups is 1. The number of nitro groups is 1. The van der Waals surface area contributed by atoms with Crippen molar-refractivity contribution in [2.75, 3.05) is 5.32 Å². The first kappa shape index (κ1) is 17.2. The Morgan fingerprint density at radius 3 is 2.69 bits per heavy atom. The number of aryl methyl sites for hydroxylation is 1. The molecule has 1 aromatic heterocycles. The van der Waals surface area contributed by atoms with Crippen LogP contribution in [0.5, 0.6) is 0 Å². The number of amides is 1. The highest BCUT2D eigenvalue weighted by Crippen LogP contribution is 2.31. The van der Waals surface area contributed by atoms with E-state index in [9.17, 15) is 14.9 Å². The van der Waals surface area contributed by atoms with Gasteiger partial charge in [0.15, 0.2) is 0 Å². The summed E-state index contributed by atoms with van der Waals surface area (Å²) in [5.41, 5.74) is 2.11. The minimum absolute atomic E-state index is 0.0328. The Morgan fingerprint density at radius 2 is 1.92 bits per heavy atom. The summed E-state index contributed by atoms with van der Waals surface area (Å²) in [6, 6.07) is 17.1. The van der Waals surface area contributed by atoms with Crippen molar-refractivity contribution in [2.45, 2.75) is 6.92 Å². The lowest BCUT2D eigenvalue weighted by atomic mass is 10.1. The average Bonchev–Trinajstić information content (AvgIpc) is 3.09. The minimum Gasteiger partial charge on any atom is -0.456 e. The molecule has 3 aromatic rings. The molecule has 0 aliphatic heterocycles. The van der Waals surface area contributed by atoms with Crippen molar-refractivity contribution in [1.82, 2.24) is 0 Å². The number of hydrogen-bond acceptors (Lipinski definition) is 4. The lowest BCUT2D eigenvalue weighted by Gasteiger charge is -2.02. The topological polar surface area (TPSA) is 85.4 Å². The molecular formula is C20H16N2O4. The van der Waals surface area contributed by atoms with Crippen molar-refractivity contribution >= 4 is 23.4 Å². The van der Waals surface area contributed by atoms with Gasteiger partial charge in [-0.1, -0.05) is 24.3 Å². The molecule has 0 unspecified atom stereocenters. The summed E-state index contributed by atoms with van der Waals surface area (Å²) in [7, 11) is 0. The van der Waals surface area contributed by atoms with Crippen LogP contribution in [0.15, 0.2) is 71.2 Å². The van der Waals surface area contributed by atoms with Crippen molar-refractivity contribution in [3.63, 3.8) is 0 Å². The van der Waals surface area contributed by atoms with E-state index in [0.29, 0.717) is 22.8 Å². The molecule has 0 aliphatic rings. The molecule has 0 atom stereocenters. The van der Waals surface area contributed by atoms with Gasteiger partial charge in [-0.2, -0.15) is 0 Å².